The Morgan fingerprint density at radius 1 is 1.50 bits per heavy atom. The molecule has 3 atom stereocenters. The van der Waals surface area contributed by atoms with E-state index >= 15 is 0 Å². The summed E-state index contributed by atoms with van der Waals surface area (Å²) in [5.41, 5.74) is -0.424. The van der Waals surface area contributed by atoms with E-state index in [-0.39, 0.29) is 11.7 Å². The van der Waals surface area contributed by atoms with Crippen LogP contribution in [0.5, 0.6) is 0 Å². The van der Waals surface area contributed by atoms with Gasteiger partial charge in [0, 0.05) is 6.42 Å². The van der Waals surface area contributed by atoms with E-state index < -0.39 is 11.0 Å². The SMILES string of the molecule is C=C(C)[C@@H]1CC(=O)[C@]2(C)CC=CC[C@@]2(O)C1. The summed E-state index contributed by atoms with van der Waals surface area (Å²) < 4.78 is 0. The zero-order chi connectivity index (χ0) is 12.0. The van der Waals surface area contributed by atoms with E-state index in [1.165, 1.54) is 0 Å². The van der Waals surface area contributed by atoms with Gasteiger partial charge in [0.05, 0.1) is 11.0 Å². The van der Waals surface area contributed by atoms with Crippen LogP contribution in [0.25, 0.3) is 0 Å². The lowest BCUT2D eigenvalue weighted by Crippen LogP contribution is -2.57. The largest absolute Gasteiger partial charge is 0.388 e. The van der Waals surface area contributed by atoms with E-state index in [2.05, 4.69) is 6.58 Å². The smallest absolute Gasteiger partial charge is 0.142 e. The monoisotopic (exact) mass is 220 g/mol. The van der Waals surface area contributed by atoms with Crippen molar-refractivity contribution >= 4 is 5.78 Å². The van der Waals surface area contributed by atoms with Crippen LogP contribution < -0.4 is 0 Å². The Bertz CT molecular complexity index is 369. The molecule has 1 saturated carbocycles. The molecule has 1 fully saturated rings. The van der Waals surface area contributed by atoms with Gasteiger partial charge in [-0.2, -0.15) is 0 Å². The maximum Gasteiger partial charge on any atom is 0.142 e. The second kappa shape index (κ2) is 3.56. The fourth-order valence-corrected chi connectivity index (χ4v) is 2.97. The van der Waals surface area contributed by atoms with Gasteiger partial charge in [-0.15, -0.1) is 0 Å². The van der Waals surface area contributed by atoms with Gasteiger partial charge in [0.25, 0.3) is 0 Å². The molecule has 2 aliphatic carbocycles. The average Bonchev–Trinajstić information content (AvgIpc) is 2.20. The van der Waals surface area contributed by atoms with Crippen LogP contribution in [0.3, 0.4) is 0 Å². The highest BCUT2D eigenvalue weighted by Crippen LogP contribution is 2.51. The molecule has 2 aliphatic rings. The number of carbonyl (C=O) groups excluding carboxylic acids is 1. The molecule has 0 aromatic heterocycles. The van der Waals surface area contributed by atoms with Gasteiger partial charge in [-0.1, -0.05) is 24.3 Å². The van der Waals surface area contributed by atoms with Crippen LogP contribution in [0.4, 0.5) is 0 Å². The predicted octanol–water partition coefficient (Wildman–Crippen LogP) is 2.63. The topological polar surface area (TPSA) is 37.3 Å². The van der Waals surface area contributed by atoms with E-state index in [9.17, 15) is 9.90 Å². The summed E-state index contributed by atoms with van der Waals surface area (Å²) in [7, 11) is 0. The Labute approximate surface area is 97.0 Å². The molecule has 0 aliphatic heterocycles. The first kappa shape index (κ1) is 11.6. The van der Waals surface area contributed by atoms with E-state index in [0.717, 1.165) is 5.57 Å². The van der Waals surface area contributed by atoms with Crippen molar-refractivity contribution in [2.24, 2.45) is 11.3 Å². The first-order valence-electron chi connectivity index (χ1n) is 5.95. The highest BCUT2D eigenvalue weighted by atomic mass is 16.3. The van der Waals surface area contributed by atoms with Crippen molar-refractivity contribution in [1.82, 2.24) is 0 Å². The van der Waals surface area contributed by atoms with Crippen LogP contribution in [-0.4, -0.2) is 16.5 Å². The summed E-state index contributed by atoms with van der Waals surface area (Å²) in [5.74, 6) is 0.343. The number of hydrogen-bond acceptors (Lipinski definition) is 2. The first-order chi connectivity index (χ1) is 7.39. The Hall–Kier alpha value is -0.890. The van der Waals surface area contributed by atoms with Crippen molar-refractivity contribution < 1.29 is 9.90 Å². The average molecular weight is 220 g/mol. The normalized spacial score (nSPS) is 42.9. The maximum atomic E-state index is 12.2. The number of fused-ring (bicyclic) bond motifs is 1. The van der Waals surface area contributed by atoms with Crippen LogP contribution in [-0.2, 0) is 4.79 Å². The van der Waals surface area contributed by atoms with E-state index in [0.29, 0.717) is 25.7 Å². The molecule has 0 amide bonds. The molecule has 2 rings (SSSR count). The fraction of sp³-hybridized carbons (Fsp3) is 0.643. The number of hydrogen-bond donors (Lipinski definition) is 1. The van der Waals surface area contributed by atoms with Crippen LogP contribution in [0.15, 0.2) is 24.3 Å². The summed E-state index contributed by atoms with van der Waals surface area (Å²) in [6, 6.07) is 0. The molecular formula is C14H20O2. The Morgan fingerprint density at radius 2 is 2.12 bits per heavy atom. The molecule has 2 nitrogen and oxygen atoms in total. The van der Waals surface area contributed by atoms with Gasteiger partial charge in [-0.05, 0) is 39.0 Å². The van der Waals surface area contributed by atoms with Gasteiger partial charge < -0.3 is 5.11 Å². The maximum absolute atomic E-state index is 12.2. The van der Waals surface area contributed by atoms with Crippen molar-refractivity contribution in [3.63, 3.8) is 0 Å². The summed E-state index contributed by atoms with van der Waals surface area (Å²) in [5, 5.41) is 10.7. The molecule has 1 N–H and O–H groups in total. The molecule has 0 aromatic carbocycles. The Kier molecular flexibility index (Phi) is 2.58. The van der Waals surface area contributed by atoms with Crippen LogP contribution in [0, 0.1) is 11.3 Å². The zero-order valence-electron chi connectivity index (χ0n) is 10.1. The van der Waals surface area contributed by atoms with Crippen molar-refractivity contribution in [1.29, 1.82) is 0 Å². The van der Waals surface area contributed by atoms with Gasteiger partial charge >= 0.3 is 0 Å². The highest BCUT2D eigenvalue weighted by molar-refractivity contribution is 5.87. The number of aliphatic hydroxyl groups is 1. The molecule has 0 heterocycles. The minimum atomic E-state index is -0.860. The van der Waals surface area contributed by atoms with Gasteiger partial charge in [0.1, 0.15) is 5.78 Å². The summed E-state index contributed by atoms with van der Waals surface area (Å²) >= 11 is 0. The number of rotatable bonds is 1. The number of ketones is 1. The minimum Gasteiger partial charge on any atom is -0.388 e. The summed E-state index contributed by atoms with van der Waals surface area (Å²) in [6.07, 6.45) is 6.50. The van der Waals surface area contributed by atoms with Crippen molar-refractivity contribution in [2.45, 2.75) is 45.1 Å². The number of allylic oxidation sites excluding steroid dienone is 2. The zero-order valence-corrected chi connectivity index (χ0v) is 10.1. The molecule has 0 saturated heterocycles. The number of carbonyl (C=O) groups is 1. The highest BCUT2D eigenvalue weighted by Gasteiger charge is 2.55. The molecule has 88 valence electrons. The summed E-state index contributed by atoms with van der Waals surface area (Å²) in [4.78, 5) is 12.2. The van der Waals surface area contributed by atoms with Crippen LogP contribution in [0.1, 0.15) is 39.5 Å². The lowest BCUT2D eigenvalue weighted by atomic mass is 9.55. The van der Waals surface area contributed by atoms with E-state index in [1.807, 2.05) is 26.0 Å². The molecular weight excluding hydrogens is 200 g/mol. The molecule has 16 heavy (non-hydrogen) atoms. The third-order valence-corrected chi connectivity index (χ3v) is 4.50. The van der Waals surface area contributed by atoms with Crippen LogP contribution in [0.2, 0.25) is 0 Å². The van der Waals surface area contributed by atoms with E-state index in [1.54, 1.807) is 0 Å². The number of Topliss-reactive ketones (excluding diaryl/α,β-unsaturated/α-hetero) is 1. The van der Waals surface area contributed by atoms with Gasteiger partial charge in [0.2, 0.25) is 0 Å². The van der Waals surface area contributed by atoms with Gasteiger partial charge in [-0.3, -0.25) is 4.79 Å². The predicted molar refractivity (Wildman–Crippen MR) is 64.0 cm³/mol. The molecule has 2 heteroatoms. The second-order valence-corrected chi connectivity index (χ2v) is 5.62. The minimum absolute atomic E-state index is 0.150. The fourth-order valence-electron chi connectivity index (χ4n) is 2.97. The molecule has 0 radical (unpaired) electrons. The quantitative estimate of drug-likeness (QED) is 0.690. The van der Waals surface area contributed by atoms with Crippen molar-refractivity contribution in [2.75, 3.05) is 0 Å². The third-order valence-electron chi connectivity index (χ3n) is 4.50. The van der Waals surface area contributed by atoms with Gasteiger partial charge in [0.15, 0.2) is 0 Å². The molecule has 0 aromatic rings. The standard InChI is InChI=1S/C14H20O2/c1-10(2)11-8-12(15)13(3)6-4-5-7-14(13,16)9-11/h4-5,11,16H,1,6-9H2,2-3H3/t11-,13+,14-/m1/s1. The van der Waals surface area contributed by atoms with Gasteiger partial charge in [-0.25, -0.2) is 0 Å². The van der Waals surface area contributed by atoms with Crippen molar-refractivity contribution in [3.05, 3.63) is 24.3 Å². The second-order valence-electron chi connectivity index (χ2n) is 5.62. The third kappa shape index (κ3) is 1.47. The molecule has 0 unspecified atom stereocenters. The Balaban J connectivity index is 2.36. The first-order valence-corrected chi connectivity index (χ1v) is 5.95. The van der Waals surface area contributed by atoms with Crippen LogP contribution >= 0.6 is 0 Å². The lowest BCUT2D eigenvalue weighted by Gasteiger charge is -2.51. The Morgan fingerprint density at radius 3 is 2.75 bits per heavy atom. The van der Waals surface area contributed by atoms with Crippen molar-refractivity contribution in [3.8, 4) is 0 Å². The van der Waals surface area contributed by atoms with E-state index in [4.69, 9.17) is 0 Å². The summed E-state index contributed by atoms with van der Waals surface area (Å²) in [6.45, 7) is 7.78. The lowest BCUT2D eigenvalue weighted by molar-refractivity contribution is -0.159. The molecule has 0 bridgehead atoms. The molecule has 0 spiro atoms.